The van der Waals surface area contributed by atoms with Gasteiger partial charge >= 0.3 is 0 Å². The topological polar surface area (TPSA) is 105 Å². The molecule has 2 N–H and O–H groups in total. The van der Waals surface area contributed by atoms with Gasteiger partial charge in [-0.15, -0.1) is 0 Å². The van der Waals surface area contributed by atoms with Gasteiger partial charge in [-0.2, -0.15) is 4.98 Å². The number of halogens is 1. The van der Waals surface area contributed by atoms with Gasteiger partial charge in [0.2, 0.25) is 5.95 Å². The number of pyridine rings is 1. The SMILES string of the molecule is COCCN(C)C(=O)c1cnc(Nc2ccnc(N3CC[C@H](OC)[C@H](F)C3)n2)cc1NC(C)C. The summed E-state index contributed by atoms with van der Waals surface area (Å²) in [5, 5.41) is 6.48. The Bertz CT molecular complexity index is 962. The Kier molecular flexibility index (Phi) is 8.94. The second-order valence-electron chi connectivity index (χ2n) is 8.53. The molecule has 0 spiro atoms. The molecule has 3 rings (SSSR count). The van der Waals surface area contributed by atoms with Crippen LogP contribution < -0.4 is 15.5 Å². The predicted molar refractivity (Wildman–Crippen MR) is 130 cm³/mol. The van der Waals surface area contributed by atoms with E-state index in [-0.39, 0.29) is 18.5 Å². The van der Waals surface area contributed by atoms with Gasteiger partial charge in [-0.05, 0) is 26.3 Å². The third-order valence-electron chi connectivity index (χ3n) is 5.52. The minimum atomic E-state index is -1.10. The molecule has 2 aromatic heterocycles. The normalized spacial score (nSPS) is 18.1. The first-order chi connectivity index (χ1) is 16.3. The second kappa shape index (κ2) is 11.9. The number of carbonyl (C=O) groups excluding carboxylic acids is 1. The van der Waals surface area contributed by atoms with Crippen molar-refractivity contribution in [2.45, 2.75) is 38.6 Å². The van der Waals surface area contributed by atoms with Gasteiger partial charge < -0.3 is 29.9 Å². The molecule has 0 radical (unpaired) electrons. The summed E-state index contributed by atoms with van der Waals surface area (Å²) in [6.45, 7) is 5.70. The van der Waals surface area contributed by atoms with E-state index >= 15 is 0 Å². The molecule has 11 heteroatoms. The van der Waals surface area contributed by atoms with E-state index in [1.165, 1.54) is 7.11 Å². The number of hydrogen-bond donors (Lipinski definition) is 2. The van der Waals surface area contributed by atoms with E-state index in [0.717, 1.165) is 0 Å². The largest absolute Gasteiger partial charge is 0.383 e. The molecule has 0 saturated carbocycles. The third kappa shape index (κ3) is 6.51. The summed E-state index contributed by atoms with van der Waals surface area (Å²) < 4.78 is 24.6. The monoisotopic (exact) mass is 475 g/mol. The molecule has 2 atom stereocenters. The number of nitrogens with zero attached hydrogens (tertiary/aromatic N) is 5. The number of hydrogen-bond acceptors (Lipinski definition) is 9. The number of rotatable bonds is 10. The maximum atomic E-state index is 14.3. The van der Waals surface area contributed by atoms with E-state index in [4.69, 9.17) is 9.47 Å². The standard InChI is InChI=1S/C23H34FN7O3/c1-15(2)27-18-12-21(26-13-16(18)22(32)30(3)10-11-33-4)28-20-6-8-25-23(29-20)31-9-7-19(34-5)17(24)14-31/h6,8,12-13,15,17,19H,7,9-11,14H2,1-5H3,(H2,25,26,27,28,29)/t17-,19+/m1/s1. The van der Waals surface area contributed by atoms with E-state index in [1.54, 1.807) is 43.6 Å². The first kappa shape index (κ1) is 25.6. The minimum Gasteiger partial charge on any atom is -0.383 e. The van der Waals surface area contributed by atoms with Gasteiger partial charge in [0.1, 0.15) is 17.8 Å². The van der Waals surface area contributed by atoms with Crippen molar-refractivity contribution in [2.75, 3.05) is 63.0 Å². The Hall–Kier alpha value is -3.05. The number of alkyl halides is 1. The van der Waals surface area contributed by atoms with Crippen molar-refractivity contribution in [2.24, 2.45) is 0 Å². The molecule has 2 aromatic rings. The average Bonchev–Trinajstić information content (AvgIpc) is 2.82. The molecule has 1 fully saturated rings. The van der Waals surface area contributed by atoms with Crippen LogP contribution in [0.15, 0.2) is 24.5 Å². The summed E-state index contributed by atoms with van der Waals surface area (Å²) in [5.74, 6) is 1.33. The van der Waals surface area contributed by atoms with Crippen molar-refractivity contribution in [1.29, 1.82) is 0 Å². The van der Waals surface area contributed by atoms with Crippen LogP contribution in [0.2, 0.25) is 0 Å². The molecule has 0 aliphatic carbocycles. The van der Waals surface area contributed by atoms with Crippen LogP contribution in [0.3, 0.4) is 0 Å². The zero-order chi connectivity index (χ0) is 24.7. The van der Waals surface area contributed by atoms with Crippen molar-refractivity contribution in [3.63, 3.8) is 0 Å². The number of ether oxygens (including phenoxy) is 2. The first-order valence-electron chi connectivity index (χ1n) is 11.3. The van der Waals surface area contributed by atoms with Crippen LogP contribution in [0, 0.1) is 0 Å². The average molecular weight is 476 g/mol. The lowest BCUT2D eigenvalue weighted by Gasteiger charge is -2.33. The Morgan fingerprint density at radius 1 is 1.32 bits per heavy atom. The number of carbonyl (C=O) groups is 1. The molecule has 1 aliphatic heterocycles. The van der Waals surface area contributed by atoms with Gasteiger partial charge in [0.05, 0.1) is 30.5 Å². The lowest BCUT2D eigenvalue weighted by Crippen LogP contribution is -2.46. The summed E-state index contributed by atoms with van der Waals surface area (Å²) in [7, 11) is 4.86. The van der Waals surface area contributed by atoms with E-state index in [2.05, 4.69) is 25.6 Å². The minimum absolute atomic E-state index is 0.111. The highest BCUT2D eigenvalue weighted by Crippen LogP contribution is 2.25. The molecule has 186 valence electrons. The summed E-state index contributed by atoms with van der Waals surface area (Å²) in [4.78, 5) is 29.6. The molecule has 0 bridgehead atoms. The highest BCUT2D eigenvalue weighted by Gasteiger charge is 2.30. The molecule has 10 nitrogen and oxygen atoms in total. The van der Waals surface area contributed by atoms with Gasteiger partial charge in [0.25, 0.3) is 5.91 Å². The molecule has 0 unspecified atom stereocenters. The van der Waals surface area contributed by atoms with Gasteiger partial charge in [0.15, 0.2) is 0 Å². The fraction of sp³-hybridized carbons (Fsp3) is 0.565. The molecule has 34 heavy (non-hydrogen) atoms. The van der Waals surface area contributed by atoms with Crippen molar-refractivity contribution in [3.8, 4) is 0 Å². The fourth-order valence-electron chi connectivity index (χ4n) is 3.69. The number of piperidine rings is 1. The number of aromatic nitrogens is 3. The van der Waals surface area contributed by atoms with E-state index in [0.29, 0.717) is 55.0 Å². The number of methoxy groups -OCH3 is 2. The predicted octanol–water partition coefficient (Wildman–Crippen LogP) is 2.72. The highest BCUT2D eigenvalue weighted by atomic mass is 19.1. The van der Waals surface area contributed by atoms with Crippen molar-refractivity contribution >= 4 is 29.2 Å². The summed E-state index contributed by atoms with van der Waals surface area (Å²) in [5.41, 5.74) is 1.13. The molecular formula is C23H34FN7O3. The number of amides is 1. The Morgan fingerprint density at radius 2 is 2.12 bits per heavy atom. The quantitative estimate of drug-likeness (QED) is 0.537. The van der Waals surface area contributed by atoms with Gasteiger partial charge in [-0.25, -0.2) is 14.4 Å². The van der Waals surface area contributed by atoms with E-state index in [1.807, 2.05) is 18.7 Å². The Morgan fingerprint density at radius 3 is 2.79 bits per heavy atom. The van der Waals surface area contributed by atoms with Crippen LogP contribution in [-0.4, -0.2) is 91.6 Å². The van der Waals surface area contributed by atoms with Gasteiger partial charge in [-0.1, -0.05) is 0 Å². The zero-order valence-electron chi connectivity index (χ0n) is 20.4. The lowest BCUT2D eigenvalue weighted by molar-refractivity contribution is 0.0194. The van der Waals surface area contributed by atoms with Crippen LogP contribution in [0.1, 0.15) is 30.6 Å². The van der Waals surface area contributed by atoms with E-state index in [9.17, 15) is 9.18 Å². The second-order valence-corrected chi connectivity index (χ2v) is 8.53. The smallest absolute Gasteiger partial charge is 0.257 e. The van der Waals surface area contributed by atoms with Crippen LogP contribution in [0.4, 0.5) is 27.7 Å². The molecule has 1 amide bonds. The van der Waals surface area contributed by atoms with Crippen molar-refractivity contribution in [1.82, 2.24) is 19.9 Å². The maximum Gasteiger partial charge on any atom is 0.257 e. The number of likely N-dealkylation sites (N-methyl/N-ethyl adjacent to an activating group) is 1. The molecule has 3 heterocycles. The molecule has 1 aliphatic rings. The van der Waals surface area contributed by atoms with Crippen molar-refractivity contribution < 1.29 is 18.7 Å². The van der Waals surface area contributed by atoms with Crippen molar-refractivity contribution in [3.05, 3.63) is 30.1 Å². The summed E-state index contributed by atoms with van der Waals surface area (Å²) >= 11 is 0. The third-order valence-corrected chi connectivity index (χ3v) is 5.52. The molecule has 1 saturated heterocycles. The highest BCUT2D eigenvalue weighted by molar-refractivity contribution is 5.99. The molecule has 0 aromatic carbocycles. The lowest BCUT2D eigenvalue weighted by atomic mass is 10.1. The summed E-state index contributed by atoms with van der Waals surface area (Å²) in [6.07, 6.45) is 2.24. The van der Waals surface area contributed by atoms with E-state index < -0.39 is 12.3 Å². The number of anilines is 4. The maximum absolute atomic E-state index is 14.3. The number of nitrogens with one attached hydrogen (secondary N) is 2. The first-order valence-corrected chi connectivity index (χ1v) is 11.3. The van der Waals surface area contributed by atoms with Gasteiger partial charge in [0, 0.05) is 58.9 Å². The van der Waals surface area contributed by atoms with Crippen LogP contribution >= 0.6 is 0 Å². The van der Waals surface area contributed by atoms with Gasteiger partial charge in [-0.3, -0.25) is 4.79 Å². The molecular weight excluding hydrogens is 441 g/mol. The Labute approximate surface area is 199 Å². The van der Waals surface area contributed by atoms with Crippen LogP contribution in [0.5, 0.6) is 0 Å². The fourth-order valence-corrected chi connectivity index (χ4v) is 3.69. The Balaban J connectivity index is 1.77. The zero-order valence-corrected chi connectivity index (χ0v) is 20.4. The van der Waals surface area contributed by atoms with Crippen LogP contribution in [-0.2, 0) is 9.47 Å². The van der Waals surface area contributed by atoms with Crippen LogP contribution in [0.25, 0.3) is 0 Å². The summed E-state index contributed by atoms with van der Waals surface area (Å²) in [6, 6.07) is 3.61.